The Balaban J connectivity index is 1.87. The third-order valence-electron chi connectivity index (χ3n) is 4.90. The molecule has 2 heterocycles. The maximum atomic E-state index is 13.2. The van der Waals surface area contributed by atoms with Crippen molar-refractivity contribution >= 4 is 5.91 Å². The van der Waals surface area contributed by atoms with Crippen LogP contribution < -0.4 is 0 Å². The normalized spacial score (nSPS) is 16.4. The van der Waals surface area contributed by atoms with Gasteiger partial charge in [0.1, 0.15) is 5.69 Å². The van der Waals surface area contributed by atoms with Crippen molar-refractivity contribution in [3.63, 3.8) is 0 Å². The number of rotatable bonds is 6. The molecule has 6 nitrogen and oxygen atoms in total. The summed E-state index contributed by atoms with van der Waals surface area (Å²) >= 11 is 0. The quantitative estimate of drug-likeness (QED) is 0.858. The molecule has 1 aromatic heterocycles. The van der Waals surface area contributed by atoms with Crippen LogP contribution in [-0.2, 0) is 18.2 Å². The zero-order chi connectivity index (χ0) is 18.5. The van der Waals surface area contributed by atoms with E-state index in [1.165, 1.54) is 5.56 Å². The van der Waals surface area contributed by atoms with Crippen molar-refractivity contribution in [3.8, 4) is 0 Å². The number of amides is 1. The third-order valence-corrected chi connectivity index (χ3v) is 4.90. The monoisotopic (exact) mass is 357 g/mol. The lowest BCUT2D eigenvalue weighted by Crippen LogP contribution is -2.51. The number of nitrogens with zero attached hydrogens (tertiary/aromatic N) is 3. The minimum Gasteiger partial charge on any atom is -0.394 e. The van der Waals surface area contributed by atoms with E-state index in [0.717, 1.165) is 18.4 Å². The molecule has 140 valence electrons. The van der Waals surface area contributed by atoms with Crippen molar-refractivity contribution in [2.24, 2.45) is 7.05 Å². The zero-order valence-corrected chi connectivity index (χ0v) is 15.5. The fourth-order valence-corrected chi connectivity index (χ4v) is 3.61. The molecule has 1 aliphatic rings. The number of hydrogen-bond donors (Lipinski definition) is 1. The first-order valence-electron chi connectivity index (χ1n) is 9.13. The van der Waals surface area contributed by atoms with Crippen molar-refractivity contribution in [3.05, 3.63) is 53.6 Å². The van der Waals surface area contributed by atoms with Crippen molar-refractivity contribution < 1.29 is 14.6 Å². The maximum Gasteiger partial charge on any atom is 0.274 e. The van der Waals surface area contributed by atoms with Crippen LogP contribution >= 0.6 is 0 Å². The molecular weight excluding hydrogens is 330 g/mol. The zero-order valence-electron chi connectivity index (χ0n) is 15.5. The number of hydrogen-bond acceptors (Lipinski definition) is 4. The molecule has 3 rings (SSSR count). The predicted molar refractivity (Wildman–Crippen MR) is 99.0 cm³/mol. The molecule has 1 unspecified atom stereocenters. The van der Waals surface area contributed by atoms with E-state index < -0.39 is 0 Å². The maximum absolute atomic E-state index is 13.2. The second-order valence-corrected chi connectivity index (χ2v) is 7.01. The first kappa shape index (κ1) is 18.6. The summed E-state index contributed by atoms with van der Waals surface area (Å²) in [6.07, 6.45) is 5.54. The molecule has 1 aliphatic heterocycles. The average Bonchev–Trinajstić information content (AvgIpc) is 3.08. The third kappa shape index (κ3) is 4.31. The van der Waals surface area contributed by atoms with E-state index in [-0.39, 0.29) is 24.6 Å². The fraction of sp³-hybridized carbons (Fsp3) is 0.500. The summed E-state index contributed by atoms with van der Waals surface area (Å²) in [5.41, 5.74) is 2.71. The fourth-order valence-electron chi connectivity index (χ4n) is 3.61. The molecule has 0 bridgehead atoms. The number of carbonyl (C=O) groups excluding carboxylic acids is 1. The van der Waals surface area contributed by atoms with Gasteiger partial charge in [0.15, 0.2) is 0 Å². The number of imidazole rings is 1. The summed E-state index contributed by atoms with van der Waals surface area (Å²) in [6, 6.07) is 7.99. The van der Waals surface area contributed by atoms with Gasteiger partial charge in [-0.05, 0) is 31.7 Å². The minimum atomic E-state index is -0.283. The van der Waals surface area contributed by atoms with Crippen molar-refractivity contribution in [2.45, 2.75) is 38.3 Å². The van der Waals surface area contributed by atoms with Gasteiger partial charge in [-0.3, -0.25) is 4.79 Å². The molecule has 26 heavy (non-hydrogen) atoms. The molecule has 1 aromatic carbocycles. The standard InChI is InChI=1S/C20H27N3O3/c1-15-4-3-5-16(10-15)11-18(13-24)23(17-6-8-26-9-7-17)20(25)19-12-22(2)14-21-19/h3-5,10,12,14,17-18,24H,6-9,11,13H2,1-2H3. The van der Waals surface area contributed by atoms with Crippen molar-refractivity contribution in [1.29, 1.82) is 0 Å². The van der Waals surface area contributed by atoms with E-state index >= 15 is 0 Å². The van der Waals surface area contributed by atoms with E-state index in [0.29, 0.717) is 25.3 Å². The van der Waals surface area contributed by atoms with Crippen LogP contribution in [0.25, 0.3) is 0 Å². The highest BCUT2D eigenvalue weighted by Crippen LogP contribution is 2.22. The van der Waals surface area contributed by atoms with Crippen molar-refractivity contribution in [2.75, 3.05) is 19.8 Å². The largest absolute Gasteiger partial charge is 0.394 e. The summed E-state index contributed by atoms with van der Waals surface area (Å²) in [5, 5.41) is 10.1. The number of carbonyl (C=O) groups is 1. The number of aliphatic hydroxyl groups excluding tert-OH is 1. The Kier molecular flexibility index (Phi) is 6.06. The molecule has 1 fully saturated rings. The van der Waals surface area contributed by atoms with E-state index in [9.17, 15) is 9.90 Å². The summed E-state index contributed by atoms with van der Waals surface area (Å²) < 4.78 is 7.23. The Hall–Kier alpha value is -2.18. The molecule has 1 N–H and O–H groups in total. The van der Waals surface area contributed by atoms with Gasteiger partial charge in [0.2, 0.25) is 0 Å². The predicted octanol–water partition coefficient (Wildman–Crippen LogP) is 1.95. The van der Waals surface area contributed by atoms with Gasteiger partial charge < -0.3 is 19.3 Å². The van der Waals surface area contributed by atoms with E-state index in [4.69, 9.17) is 4.74 Å². The molecule has 0 aliphatic carbocycles. The van der Waals surface area contributed by atoms with E-state index in [1.807, 2.05) is 37.1 Å². The van der Waals surface area contributed by atoms with Crippen LogP contribution in [0, 0.1) is 6.92 Å². The van der Waals surface area contributed by atoms with Gasteiger partial charge >= 0.3 is 0 Å². The Morgan fingerprint density at radius 2 is 2.19 bits per heavy atom. The molecular formula is C20H27N3O3. The van der Waals surface area contributed by atoms with Crippen LogP contribution in [0.5, 0.6) is 0 Å². The van der Waals surface area contributed by atoms with Gasteiger partial charge in [-0.1, -0.05) is 29.8 Å². The number of benzene rings is 1. The molecule has 1 amide bonds. The number of aromatic nitrogens is 2. The summed E-state index contributed by atoms with van der Waals surface area (Å²) in [6.45, 7) is 3.25. The molecule has 0 spiro atoms. The highest BCUT2D eigenvalue weighted by molar-refractivity contribution is 5.92. The van der Waals surface area contributed by atoms with Gasteiger partial charge in [0, 0.05) is 32.5 Å². The lowest BCUT2D eigenvalue weighted by Gasteiger charge is -2.39. The molecule has 1 atom stereocenters. The molecule has 0 saturated carbocycles. The second-order valence-electron chi connectivity index (χ2n) is 7.01. The summed E-state index contributed by atoms with van der Waals surface area (Å²) in [4.78, 5) is 19.3. The lowest BCUT2D eigenvalue weighted by atomic mass is 9.98. The van der Waals surface area contributed by atoms with Crippen molar-refractivity contribution in [1.82, 2.24) is 14.5 Å². The van der Waals surface area contributed by atoms with Gasteiger partial charge in [-0.2, -0.15) is 0 Å². The van der Waals surface area contributed by atoms with Crippen LogP contribution in [0.3, 0.4) is 0 Å². The summed E-state index contributed by atoms with van der Waals surface area (Å²) in [7, 11) is 1.85. The summed E-state index contributed by atoms with van der Waals surface area (Å²) in [5.74, 6) is -0.121. The molecule has 2 aromatic rings. The van der Waals surface area contributed by atoms with Crippen LogP contribution in [0.1, 0.15) is 34.5 Å². The van der Waals surface area contributed by atoms with E-state index in [2.05, 4.69) is 11.1 Å². The molecule has 6 heteroatoms. The molecule has 1 saturated heterocycles. The number of aryl methyl sites for hydroxylation is 2. The van der Waals surface area contributed by atoms with Gasteiger partial charge in [0.25, 0.3) is 5.91 Å². The highest BCUT2D eigenvalue weighted by Gasteiger charge is 2.33. The first-order chi connectivity index (χ1) is 12.6. The highest BCUT2D eigenvalue weighted by atomic mass is 16.5. The minimum absolute atomic E-state index is 0.0558. The molecule has 0 radical (unpaired) electrons. The SMILES string of the molecule is Cc1cccc(CC(CO)N(C(=O)c2cn(C)cn2)C2CCOCC2)c1. The first-order valence-corrected chi connectivity index (χ1v) is 9.13. The Bertz CT molecular complexity index is 737. The topological polar surface area (TPSA) is 67.6 Å². The van der Waals surface area contributed by atoms with Gasteiger partial charge in [-0.15, -0.1) is 0 Å². The number of ether oxygens (including phenoxy) is 1. The van der Waals surface area contributed by atoms with Gasteiger partial charge in [0.05, 0.1) is 19.0 Å². The van der Waals surface area contributed by atoms with Crippen LogP contribution in [-0.4, -0.2) is 57.4 Å². The second kappa shape index (κ2) is 8.47. The number of aliphatic hydroxyl groups is 1. The van der Waals surface area contributed by atoms with Crippen LogP contribution in [0.4, 0.5) is 0 Å². The Morgan fingerprint density at radius 1 is 1.42 bits per heavy atom. The van der Waals surface area contributed by atoms with Crippen LogP contribution in [0.2, 0.25) is 0 Å². The van der Waals surface area contributed by atoms with Crippen LogP contribution in [0.15, 0.2) is 36.8 Å². The van der Waals surface area contributed by atoms with Gasteiger partial charge in [-0.25, -0.2) is 4.98 Å². The average molecular weight is 357 g/mol. The lowest BCUT2D eigenvalue weighted by molar-refractivity contribution is 0.00683. The smallest absolute Gasteiger partial charge is 0.274 e. The van der Waals surface area contributed by atoms with E-state index in [1.54, 1.807) is 17.1 Å². The Morgan fingerprint density at radius 3 is 2.81 bits per heavy atom. The Labute approximate surface area is 154 Å².